The molecule has 0 aliphatic carbocycles. The van der Waals surface area contributed by atoms with Crippen LogP contribution >= 0.6 is 7.82 Å². The lowest BCUT2D eigenvalue weighted by atomic mass is 10.0. The van der Waals surface area contributed by atoms with E-state index in [1.807, 2.05) is 21.1 Å². The Morgan fingerprint density at radius 2 is 1.10 bits per heavy atom. The summed E-state index contributed by atoms with van der Waals surface area (Å²) in [5.74, 6) is -0.156. The normalized spacial score (nSPS) is 14.7. The van der Waals surface area contributed by atoms with Crippen LogP contribution in [0.5, 0.6) is 0 Å². The molecule has 0 spiro atoms. The van der Waals surface area contributed by atoms with Gasteiger partial charge in [0.25, 0.3) is 0 Å². The summed E-state index contributed by atoms with van der Waals surface area (Å²) in [6, 6.07) is -0.769. The number of phosphoric ester groups is 1. The van der Waals surface area contributed by atoms with Crippen LogP contribution in [0.15, 0.2) is 12.2 Å². The highest BCUT2D eigenvalue weighted by Crippen LogP contribution is 2.43. The van der Waals surface area contributed by atoms with Crippen LogP contribution in [0, 0.1) is 0 Å². The van der Waals surface area contributed by atoms with Crippen LogP contribution in [0.1, 0.15) is 187 Å². The van der Waals surface area contributed by atoms with E-state index in [1.54, 1.807) is 0 Å². The molecule has 0 saturated heterocycles. The Bertz CT molecular complexity index is 819. The number of rotatable bonds is 37. The molecule has 9 heteroatoms. The fourth-order valence-corrected chi connectivity index (χ4v) is 6.66. The highest BCUT2D eigenvalue weighted by Gasteiger charge is 2.28. The summed E-state index contributed by atoms with van der Waals surface area (Å²) >= 11 is 0. The minimum Gasteiger partial charge on any atom is -0.391 e. The Balaban J connectivity index is 4.42. The third-order valence-corrected chi connectivity index (χ3v) is 10.2. The summed E-state index contributed by atoms with van der Waals surface area (Å²) in [6.07, 6.45) is 35.2. The molecule has 0 fully saturated rings. The molecule has 1 amide bonds. The molecule has 0 aliphatic heterocycles. The highest BCUT2D eigenvalue weighted by atomic mass is 31.2. The van der Waals surface area contributed by atoms with Crippen LogP contribution in [-0.4, -0.2) is 73.4 Å². The molecular formula is C40H82N2O6P+. The number of carbonyl (C=O) groups is 1. The minimum absolute atomic E-state index is 0.0718. The van der Waals surface area contributed by atoms with E-state index >= 15 is 0 Å². The van der Waals surface area contributed by atoms with Crippen molar-refractivity contribution in [1.82, 2.24) is 5.32 Å². The lowest BCUT2D eigenvalue weighted by Crippen LogP contribution is -2.46. The Hall–Kier alpha value is -0.760. The van der Waals surface area contributed by atoms with Gasteiger partial charge in [-0.25, -0.2) is 4.57 Å². The summed E-state index contributed by atoms with van der Waals surface area (Å²) in [6.45, 7) is 4.85. The number of likely N-dealkylation sites (N-methyl/N-ethyl adjacent to an activating group) is 1. The van der Waals surface area contributed by atoms with Crippen molar-refractivity contribution in [3.05, 3.63) is 12.2 Å². The minimum atomic E-state index is -4.31. The number of hydrogen-bond acceptors (Lipinski definition) is 5. The van der Waals surface area contributed by atoms with Crippen LogP contribution < -0.4 is 5.32 Å². The lowest BCUT2D eigenvalue weighted by molar-refractivity contribution is -0.870. The number of aliphatic hydroxyl groups excluding tert-OH is 1. The van der Waals surface area contributed by atoms with Crippen molar-refractivity contribution in [1.29, 1.82) is 0 Å². The average Bonchev–Trinajstić information content (AvgIpc) is 3.04. The highest BCUT2D eigenvalue weighted by molar-refractivity contribution is 7.47. The molecule has 0 aliphatic rings. The molecule has 3 N–H and O–H groups in total. The Kier molecular flexibility index (Phi) is 32.6. The molecule has 0 saturated carbocycles. The van der Waals surface area contributed by atoms with Crippen LogP contribution in [0.25, 0.3) is 0 Å². The van der Waals surface area contributed by atoms with Crippen molar-refractivity contribution in [2.24, 2.45) is 0 Å². The maximum atomic E-state index is 12.8. The van der Waals surface area contributed by atoms with Gasteiger partial charge in [0.05, 0.1) is 39.9 Å². The van der Waals surface area contributed by atoms with Crippen LogP contribution in [0.3, 0.4) is 0 Å². The largest absolute Gasteiger partial charge is 0.472 e. The first-order valence-electron chi connectivity index (χ1n) is 20.6. The van der Waals surface area contributed by atoms with Gasteiger partial charge in [-0.3, -0.25) is 13.8 Å². The summed E-state index contributed by atoms with van der Waals surface area (Å²) in [4.78, 5) is 23.0. The SMILES string of the molecule is CCCCCCCCCCCCC/C=C/CCCC[C@H](O)[C@@H](COP(=O)(O)OCC[N+](C)(C)C)NC(=O)CCCCCCCCCCCC. The monoisotopic (exact) mass is 718 g/mol. The summed E-state index contributed by atoms with van der Waals surface area (Å²) in [5.41, 5.74) is 0. The smallest absolute Gasteiger partial charge is 0.391 e. The van der Waals surface area contributed by atoms with Crippen molar-refractivity contribution < 1.29 is 32.9 Å². The molecule has 49 heavy (non-hydrogen) atoms. The maximum Gasteiger partial charge on any atom is 0.472 e. The number of amides is 1. The zero-order chi connectivity index (χ0) is 36.5. The Labute approximate surface area is 303 Å². The first-order chi connectivity index (χ1) is 23.5. The molecule has 0 radical (unpaired) electrons. The molecule has 8 nitrogen and oxygen atoms in total. The summed E-state index contributed by atoms with van der Waals surface area (Å²) < 4.78 is 23.5. The van der Waals surface area contributed by atoms with E-state index in [2.05, 4.69) is 31.3 Å². The molecule has 0 rings (SSSR count). The molecular weight excluding hydrogens is 635 g/mol. The first kappa shape index (κ1) is 48.2. The molecule has 292 valence electrons. The van der Waals surface area contributed by atoms with Crippen molar-refractivity contribution in [2.75, 3.05) is 40.9 Å². The number of phosphoric acid groups is 1. The molecule has 0 aromatic carbocycles. The Morgan fingerprint density at radius 3 is 1.57 bits per heavy atom. The number of allylic oxidation sites excluding steroid dienone is 2. The van der Waals surface area contributed by atoms with E-state index in [-0.39, 0.29) is 19.1 Å². The predicted octanol–water partition coefficient (Wildman–Crippen LogP) is 10.8. The van der Waals surface area contributed by atoms with E-state index in [0.717, 1.165) is 44.9 Å². The van der Waals surface area contributed by atoms with Gasteiger partial charge in [0, 0.05) is 6.42 Å². The van der Waals surface area contributed by atoms with E-state index in [4.69, 9.17) is 9.05 Å². The number of aliphatic hydroxyl groups is 1. The molecule has 0 bridgehead atoms. The number of carbonyl (C=O) groups excluding carboxylic acids is 1. The van der Waals surface area contributed by atoms with Gasteiger partial charge < -0.3 is 19.8 Å². The summed E-state index contributed by atoms with van der Waals surface area (Å²) in [5, 5.41) is 13.9. The van der Waals surface area contributed by atoms with Gasteiger partial charge in [-0.15, -0.1) is 0 Å². The van der Waals surface area contributed by atoms with E-state index in [9.17, 15) is 19.4 Å². The average molecular weight is 718 g/mol. The zero-order valence-electron chi connectivity index (χ0n) is 32.9. The second-order valence-corrected chi connectivity index (χ2v) is 16.8. The van der Waals surface area contributed by atoms with Gasteiger partial charge in [-0.1, -0.05) is 154 Å². The van der Waals surface area contributed by atoms with Gasteiger partial charge in [-0.05, 0) is 38.5 Å². The summed E-state index contributed by atoms with van der Waals surface area (Å²) in [7, 11) is 1.60. The Morgan fingerprint density at radius 1 is 0.673 bits per heavy atom. The maximum absolute atomic E-state index is 12.8. The van der Waals surface area contributed by atoms with Crippen LogP contribution in [0.2, 0.25) is 0 Å². The third kappa shape index (κ3) is 35.4. The molecule has 1 unspecified atom stereocenters. The zero-order valence-corrected chi connectivity index (χ0v) is 33.8. The van der Waals surface area contributed by atoms with Crippen molar-refractivity contribution >= 4 is 13.7 Å². The second-order valence-electron chi connectivity index (χ2n) is 15.4. The quantitative estimate of drug-likeness (QED) is 0.0256. The molecule has 0 heterocycles. The van der Waals surface area contributed by atoms with Crippen molar-refractivity contribution in [3.63, 3.8) is 0 Å². The number of hydrogen-bond donors (Lipinski definition) is 3. The van der Waals surface area contributed by atoms with Crippen LogP contribution in [-0.2, 0) is 18.4 Å². The van der Waals surface area contributed by atoms with E-state index in [0.29, 0.717) is 23.9 Å². The lowest BCUT2D eigenvalue weighted by Gasteiger charge is -2.26. The molecule has 0 aromatic heterocycles. The predicted molar refractivity (Wildman–Crippen MR) is 208 cm³/mol. The van der Waals surface area contributed by atoms with Gasteiger partial charge >= 0.3 is 7.82 Å². The fraction of sp³-hybridized carbons (Fsp3) is 0.925. The van der Waals surface area contributed by atoms with Crippen molar-refractivity contribution in [2.45, 2.75) is 199 Å². The van der Waals surface area contributed by atoms with Gasteiger partial charge in [0.1, 0.15) is 13.2 Å². The molecule has 0 aromatic rings. The fourth-order valence-electron chi connectivity index (χ4n) is 5.92. The molecule has 3 atom stereocenters. The van der Waals surface area contributed by atoms with Gasteiger partial charge in [-0.2, -0.15) is 0 Å². The van der Waals surface area contributed by atoms with Crippen molar-refractivity contribution in [3.8, 4) is 0 Å². The number of quaternary nitrogens is 1. The van der Waals surface area contributed by atoms with Gasteiger partial charge in [0.15, 0.2) is 0 Å². The van der Waals surface area contributed by atoms with Crippen LogP contribution in [0.4, 0.5) is 0 Å². The number of nitrogens with zero attached hydrogens (tertiary/aromatic N) is 1. The number of nitrogens with one attached hydrogen (secondary N) is 1. The third-order valence-electron chi connectivity index (χ3n) is 9.26. The van der Waals surface area contributed by atoms with Gasteiger partial charge in [0.2, 0.25) is 5.91 Å². The first-order valence-corrected chi connectivity index (χ1v) is 22.0. The standard InChI is InChI=1S/C40H81N2O6P/c1-6-8-10-12-14-16-18-19-20-21-22-23-24-25-27-29-31-33-39(43)38(37-48-49(45,46)47-36-35-42(3,4)5)41-40(44)34-32-30-28-26-17-15-13-11-9-7-2/h24-25,38-39,43H,6-23,26-37H2,1-5H3,(H-,41,44,45,46)/p+1/b25-24+/t38-,39+/m1/s1. The van der Waals surface area contributed by atoms with E-state index in [1.165, 1.54) is 116 Å². The van der Waals surface area contributed by atoms with E-state index < -0.39 is 20.0 Å². The topological polar surface area (TPSA) is 105 Å². The number of unbranched alkanes of at least 4 members (excludes halogenated alkanes) is 22. The second kappa shape index (κ2) is 33.1.